The Balaban J connectivity index is 1.96. The summed E-state index contributed by atoms with van der Waals surface area (Å²) in [5.41, 5.74) is 2.55. The van der Waals surface area contributed by atoms with Gasteiger partial charge in [0.05, 0.1) is 28.9 Å². The maximum Gasteiger partial charge on any atom is 0.355 e. The van der Waals surface area contributed by atoms with Gasteiger partial charge < -0.3 is 15.2 Å². The zero-order chi connectivity index (χ0) is 27.1. The van der Waals surface area contributed by atoms with E-state index < -0.39 is 17.6 Å². The molecule has 0 aliphatic heterocycles. The summed E-state index contributed by atoms with van der Waals surface area (Å²) in [6.07, 6.45) is 2.06. The van der Waals surface area contributed by atoms with Crippen LogP contribution < -0.4 is 11.0 Å². The summed E-state index contributed by atoms with van der Waals surface area (Å²) >= 11 is 0. The van der Waals surface area contributed by atoms with Crippen LogP contribution in [0.15, 0.2) is 65.5 Å². The number of aliphatic carboxylic acids is 1. The molecule has 2 heterocycles. The van der Waals surface area contributed by atoms with Crippen molar-refractivity contribution in [2.45, 2.75) is 39.5 Å². The van der Waals surface area contributed by atoms with Gasteiger partial charge in [-0.25, -0.2) is 19.1 Å². The van der Waals surface area contributed by atoms with Gasteiger partial charge in [-0.15, -0.1) is 0 Å². The molecule has 0 radical (unpaired) electrons. The van der Waals surface area contributed by atoms with Crippen LogP contribution in [0.4, 0.5) is 5.82 Å². The van der Waals surface area contributed by atoms with E-state index in [1.54, 1.807) is 26.0 Å². The van der Waals surface area contributed by atoms with Gasteiger partial charge in [-0.2, -0.15) is 4.98 Å². The van der Waals surface area contributed by atoms with Crippen LogP contribution >= 0.6 is 0 Å². The minimum Gasteiger partial charge on any atom is -0.481 e. The molecule has 2 N–H and O–H groups in total. The topological polar surface area (TPSA) is 123 Å². The van der Waals surface area contributed by atoms with Crippen molar-refractivity contribution >= 4 is 28.8 Å². The molecule has 0 spiro atoms. The first-order valence-corrected chi connectivity index (χ1v) is 12.6. The zero-order valence-corrected chi connectivity index (χ0v) is 21.4. The summed E-state index contributed by atoms with van der Waals surface area (Å²) in [5, 5.41) is 12.7. The molecule has 0 amide bonds. The predicted molar refractivity (Wildman–Crippen MR) is 146 cm³/mol. The van der Waals surface area contributed by atoms with Crippen LogP contribution in [0.2, 0.25) is 0 Å². The van der Waals surface area contributed by atoms with Gasteiger partial charge in [0, 0.05) is 18.5 Å². The molecule has 9 heteroatoms. The molecule has 4 rings (SSSR count). The number of carbonyl (C=O) groups excluding carboxylic acids is 1. The van der Waals surface area contributed by atoms with Gasteiger partial charge in [0.25, 0.3) is 0 Å². The molecule has 0 bridgehead atoms. The second kappa shape index (κ2) is 12.1. The molecule has 0 aliphatic carbocycles. The Morgan fingerprint density at radius 1 is 0.974 bits per heavy atom. The number of aromatic nitrogens is 3. The van der Waals surface area contributed by atoms with E-state index in [-0.39, 0.29) is 13.0 Å². The maximum atomic E-state index is 13.4. The number of pyridine rings is 1. The monoisotopic (exact) mass is 514 g/mol. The van der Waals surface area contributed by atoms with Gasteiger partial charge in [0.1, 0.15) is 5.82 Å². The van der Waals surface area contributed by atoms with Gasteiger partial charge in [-0.05, 0) is 44.4 Å². The van der Waals surface area contributed by atoms with E-state index in [0.29, 0.717) is 65.2 Å². The fraction of sp³-hybridized carbons (Fsp3) is 0.276. The minimum absolute atomic E-state index is 0.110. The third kappa shape index (κ3) is 5.72. The first-order valence-electron chi connectivity index (χ1n) is 12.6. The predicted octanol–water partition coefficient (Wildman–Crippen LogP) is 4.99. The van der Waals surface area contributed by atoms with Crippen LogP contribution in [0.1, 0.15) is 48.7 Å². The molecular weight excluding hydrogens is 484 g/mol. The number of hydrogen-bond acceptors (Lipinski definition) is 7. The molecule has 0 saturated heterocycles. The highest BCUT2D eigenvalue weighted by Crippen LogP contribution is 2.37. The zero-order valence-electron chi connectivity index (χ0n) is 21.4. The number of carboxylic acids is 1. The van der Waals surface area contributed by atoms with Crippen LogP contribution in [0, 0.1) is 6.92 Å². The van der Waals surface area contributed by atoms with Crippen LogP contribution in [-0.2, 0) is 9.53 Å². The molecule has 0 aliphatic rings. The van der Waals surface area contributed by atoms with Crippen molar-refractivity contribution in [2.75, 3.05) is 18.5 Å². The normalized spacial score (nSPS) is 10.9. The van der Waals surface area contributed by atoms with Crippen LogP contribution in [-0.4, -0.2) is 44.7 Å². The standard InChI is InChI=1S/C29H30N4O5/c1-3-38-28(36)23-19(2)31-27-25(24(23)20-13-7-4-8-14-20)26(30-18-12-6-11-17-22(34)35)32-29(37)33(27)21-15-9-5-10-16-21/h4-5,7-10,13-16H,3,6,11-12,17-18H2,1-2H3,(H,34,35)(H,30,32,37). The molecule has 4 aromatic rings. The molecule has 196 valence electrons. The number of hydrogen-bond donors (Lipinski definition) is 2. The molecule has 38 heavy (non-hydrogen) atoms. The Morgan fingerprint density at radius 3 is 2.32 bits per heavy atom. The van der Waals surface area contributed by atoms with E-state index >= 15 is 0 Å². The third-order valence-electron chi connectivity index (χ3n) is 6.12. The fourth-order valence-electron chi connectivity index (χ4n) is 4.44. The number of anilines is 1. The van der Waals surface area contributed by atoms with Crippen LogP contribution in [0.3, 0.4) is 0 Å². The van der Waals surface area contributed by atoms with Crippen molar-refractivity contribution in [3.05, 3.63) is 82.4 Å². The van der Waals surface area contributed by atoms with E-state index in [1.807, 2.05) is 48.5 Å². The Morgan fingerprint density at radius 2 is 1.66 bits per heavy atom. The van der Waals surface area contributed by atoms with Crippen LogP contribution in [0.5, 0.6) is 0 Å². The van der Waals surface area contributed by atoms with Crippen molar-refractivity contribution in [1.82, 2.24) is 14.5 Å². The summed E-state index contributed by atoms with van der Waals surface area (Å²) in [6.45, 7) is 4.14. The molecule has 9 nitrogen and oxygen atoms in total. The highest BCUT2D eigenvalue weighted by molar-refractivity contribution is 6.10. The van der Waals surface area contributed by atoms with Gasteiger partial charge in [-0.1, -0.05) is 55.0 Å². The molecule has 0 unspecified atom stereocenters. The number of aryl methyl sites for hydroxylation is 1. The van der Waals surface area contributed by atoms with Gasteiger partial charge in [0.15, 0.2) is 5.65 Å². The molecule has 0 fully saturated rings. The second-order valence-corrected chi connectivity index (χ2v) is 8.78. The number of benzene rings is 2. The summed E-state index contributed by atoms with van der Waals surface area (Å²) < 4.78 is 6.85. The third-order valence-corrected chi connectivity index (χ3v) is 6.12. The summed E-state index contributed by atoms with van der Waals surface area (Å²) in [5.74, 6) is -1.02. The lowest BCUT2D eigenvalue weighted by molar-refractivity contribution is -0.137. The Bertz CT molecular complexity index is 1500. The lowest BCUT2D eigenvalue weighted by atomic mass is 9.95. The Hall–Kier alpha value is -4.53. The summed E-state index contributed by atoms with van der Waals surface area (Å²) in [6, 6.07) is 18.5. The lowest BCUT2D eigenvalue weighted by Gasteiger charge is -2.20. The number of para-hydroxylation sites is 1. The first-order chi connectivity index (χ1) is 18.4. The summed E-state index contributed by atoms with van der Waals surface area (Å²) in [7, 11) is 0. The number of ether oxygens (including phenoxy) is 1. The van der Waals surface area contributed by atoms with E-state index in [0.717, 1.165) is 5.56 Å². The molecule has 2 aromatic carbocycles. The van der Waals surface area contributed by atoms with E-state index in [4.69, 9.17) is 14.8 Å². The number of unbranched alkanes of at least 4 members (excludes halogenated alkanes) is 2. The van der Waals surface area contributed by atoms with Crippen molar-refractivity contribution in [3.63, 3.8) is 0 Å². The van der Waals surface area contributed by atoms with Crippen molar-refractivity contribution in [1.29, 1.82) is 0 Å². The van der Waals surface area contributed by atoms with Gasteiger partial charge >= 0.3 is 17.6 Å². The highest BCUT2D eigenvalue weighted by Gasteiger charge is 2.26. The average Bonchev–Trinajstić information content (AvgIpc) is 2.90. The van der Waals surface area contributed by atoms with E-state index in [2.05, 4.69) is 10.3 Å². The SMILES string of the molecule is CCOC(=O)c1c(C)nc2c(c(NCCCCCC(=O)O)nc(=O)n2-c2ccccc2)c1-c1ccccc1. The highest BCUT2D eigenvalue weighted by atomic mass is 16.5. The smallest absolute Gasteiger partial charge is 0.355 e. The maximum absolute atomic E-state index is 13.4. The number of carbonyl (C=O) groups is 2. The minimum atomic E-state index is -0.824. The quantitative estimate of drug-likeness (QED) is 0.212. The second-order valence-electron chi connectivity index (χ2n) is 8.78. The van der Waals surface area contributed by atoms with Crippen molar-refractivity contribution < 1.29 is 19.4 Å². The van der Waals surface area contributed by atoms with Crippen LogP contribution in [0.25, 0.3) is 27.8 Å². The molecular formula is C29H30N4O5. The van der Waals surface area contributed by atoms with Gasteiger partial charge in [-0.3, -0.25) is 4.79 Å². The molecule has 0 atom stereocenters. The Kier molecular flexibility index (Phi) is 8.47. The lowest BCUT2D eigenvalue weighted by Crippen LogP contribution is -2.25. The number of carboxylic acid groups (broad SMARTS) is 1. The van der Waals surface area contributed by atoms with Crippen molar-refractivity contribution in [2.24, 2.45) is 0 Å². The first kappa shape index (κ1) is 26.5. The van der Waals surface area contributed by atoms with E-state index in [1.165, 1.54) is 4.57 Å². The van der Waals surface area contributed by atoms with E-state index in [9.17, 15) is 14.4 Å². The van der Waals surface area contributed by atoms with Gasteiger partial charge in [0.2, 0.25) is 0 Å². The fourth-order valence-corrected chi connectivity index (χ4v) is 4.44. The molecule has 2 aromatic heterocycles. The Labute approximate surface area is 220 Å². The number of rotatable bonds is 11. The largest absolute Gasteiger partial charge is 0.481 e. The number of nitrogens with one attached hydrogen (secondary N) is 1. The average molecular weight is 515 g/mol. The number of esters is 1. The number of nitrogens with zero attached hydrogens (tertiary/aromatic N) is 3. The molecule has 0 saturated carbocycles. The van der Waals surface area contributed by atoms with Crippen molar-refractivity contribution in [3.8, 4) is 16.8 Å². The number of fused-ring (bicyclic) bond motifs is 1. The summed E-state index contributed by atoms with van der Waals surface area (Å²) in [4.78, 5) is 46.5.